The second-order valence-corrected chi connectivity index (χ2v) is 7.49. The van der Waals surface area contributed by atoms with Crippen molar-refractivity contribution in [2.24, 2.45) is 0 Å². The van der Waals surface area contributed by atoms with Gasteiger partial charge in [-0.3, -0.25) is 0 Å². The average molecular weight is 283 g/mol. The highest BCUT2D eigenvalue weighted by molar-refractivity contribution is 7.92. The van der Waals surface area contributed by atoms with Crippen LogP contribution in [0.25, 0.3) is 0 Å². The normalized spacial score (nSPS) is 23.3. The third-order valence-corrected chi connectivity index (χ3v) is 6.03. The topological polar surface area (TPSA) is 66.4 Å². The second kappa shape index (κ2) is 5.92. The van der Waals surface area contributed by atoms with E-state index in [2.05, 4.69) is 12.2 Å². The maximum Gasteiger partial charge on any atom is 0.154 e. The van der Waals surface area contributed by atoms with Gasteiger partial charge in [0.15, 0.2) is 9.84 Å². The number of sulfone groups is 1. The van der Waals surface area contributed by atoms with Gasteiger partial charge >= 0.3 is 0 Å². The summed E-state index contributed by atoms with van der Waals surface area (Å²) in [6, 6.07) is 7.20. The molecular formula is C14H21NO3S. The molecule has 1 heterocycles. The Balaban J connectivity index is 1.98. The molecule has 1 aromatic carbocycles. The minimum atomic E-state index is -2.88. The molecule has 2 N–H and O–H groups in total. The molecule has 0 spiro atoms. The van der Waals surface area contributed by atoms with Crippen LogP contribution in [0.15, 0.2) is 24.3 Å². The molecule has 2 rings (SSSR count). The first-order chi connectivity index (χ1) is 9.03. The predicted molar refractivity (Wildman–Crippen MR) is 76.0 cm³/mol. The zero-order chi connectivity index (χ0) is 13.9. The lowest BCUT2D eigenvalue weighted by Crippen LogP contribution is -2.33. The van der Waals surface area contributed by atoms with E-state index in [-0.39, 0.29) is 17.0 Å². The third-order valence-electron chi connectivity index (χ3n) is 3.76. The van der Waals surface area contributed by atoms with E-state index >= 15 is 0 Å². The fourth-order valence-electron chi connectivity index (χ4n) is 2.57. The van der Waals surface area contributed by atoms with Gasteiger partial charge in [-0.1, -0.05) is 19.1 Å². The Morgan fingerprint density at radius 2 is 2.05 bits per heavy atom. The first-order valence-corrected chi connectivity index (χ1v) is 8.48. The third kappa shape index (κ3) is 3.48. The molecule has 1 aliphatic heterocycles. The van der Waals surface area contributed by atoms with Crippen molar-refractivity contribution in [2.45, 2.75) is 37.5 Å². The molecule has 0 bridgehead atoms. The van der Waals surface area contributed by atoms with Crippen molar-refractivity contribution in [1.82, 2.24) is 5.32 Å². The summed E-state index contributed by atoms with van der Waals surface area (Å²) >= 11 is 0. The molecule has 106 valence electrons. The molecule has 1 aliphatic rings. The molecule has 19 heavy (non-hydrogen) atoms. The van der Waals surface area contributed by atoms with Crippen molar-refractivity contribution >= 4 is 9.84 Å². The zero-order valence-electron chi connectivity index (χ0n) is 11.2. The number of phenolic OH excluding ortho intramolecular Hbond substituents is 1. The van der Waals surface area contributed by atoms with Crippen molar-refractivity contribution in [2.75, 3.05) is 12.3 Å². The van der Waals surface area contributed by atoms with E-state index in [9.17, 15) is 13.5 Å². The molecule has 0 saturated carbocycles. The molecule has 4 nitrogen and oxygen atoms in total. The standard InChI is InChI=1S/C14H21NO3S/c1-2-14(11-5-7-12(16)8-6-11)15-10-13-4-3-9-19(13,17)18/h5-8,13-16H,2-4,9-10H2,1H3. The highest BCUT2D eigenvalue weighted by Gasteiger charge is 2.31. The van der Waals surface area contributed by atoms with Crippen molar-refractivity contribution in [3.63, 3.8) is 0 Å². The van der Waals surface area contributed by atoms with Crippen molar-refractivity contribution in [3.8, 4) is 5.75 Å². The quantitative estimate of drug-likeness (QED) is 0.867. The van der Waals surface area contributed by atoms with Crippen LogP contribution in [0.5, 0.6) is 5.75 Å². The number of hydrogen-bond acceptors (Lipinski definition) is 4. The summed E-state index contributed by atoms with van der Waals surface area (Å²) in [6.45, 7) is 2.58. The maximum absolute atomic E-state index is 11.8. The lowest BCUT2D eigenvalue weighted by molar-refractivity contribution is 0.472. The maximum atomic E-state index is 11.8. The van der Waals surface area contributed by atoms with Crippen LogP contribution < -0.4 is 5.32 Å². The molecule has 0 aromatic heterocycles. The SMILES string of the molecule is CCC(NCC1CCCS1(=O)=O)c1ccc(O)cc1. The fourth-order valence-corrected chi connectivity index (χ4v) is 4.34. The highest BCUT2D eigenvalue weighted by atomic mass is 32.2. The minimum absolute atomic E-state index is 0.136. The largest absolute Gasteiger partial charge is 0.508 e. The molecule has 1 saturated heterocycles. The molecule has 5 heteroatoms. The Morgan fingerprint density at radius 1 is 1.37 bits per heavy atom. The Hall–Kier alpha value is -1.07. The van der Waals surface area contributed by atoms with Gasteiger partial charge in [-0.05, 0) is 37.0 Å². The zero-order valence-corrected chi connectivity index (χ0v) is 12.0. The first-order valence-electron chi connectivity index (χ1n) is 6.77. The molecular weight excluding hydrogens is 262 g/mol. The van der Waals surface area contributed by atoms with Crippen LogP contribution >= 0.6 is 0 Å². The predicted octanol–water partition coefficient (Wildman–Crippen LogP) is 2.01. The van der Waals surface area contributed by atoms with Gasteiger partial charge in [-0.15, -0.1) is 0 Å². The van der Waals surface area contributed by atoms with Gasteiger partial charge in [-0.25, -0.2) is 8.42 Å². The van der Waals surface area contributed by atoms with E-state index in [0.717, 1.165) is 24.8 Å². The van der Waals surface area contributed by atoms with Crippen LogP contribution in [0.2, 0.25) is 0 Å². The van der Waals surface area contributed by atoms with Gasteiger partial charge in [0.25, 0.3) is 0 Å². The molecule has 0 aliphatic carbocycles. The summed E-state index contributed by atoms with van der Waals surface area (Å²) in [7, 11) is -2.88. The highest BCUT2D eigenvalue weighted by Crippen LogP contribution is 2.22. The molecule has 0 radical (unpaired) electrons. The van der Waals surface area contributed by atoms with Crippen LogP contribution in [0.3, 0.4) is 0 Å². The summed E-state index contributed by atoms with van der Waals surface area (Å²) in [5.74, 6) is 0.576. The lowest BCUT2D eigenvalue weighted by atomic mass is 10.0. The van der Waals surface area contributed by atoms with E-state index in [1.165, 1.54) is 0 Å². The lowest BCUT2D eigenvalue weighted by Gasteiger charge is -2.20. The number of nitrogens with one attached hydrogen (secondary N) is 1. The summed E-state index contributed by atoms with van der Waals surface area (Å²) in [4.78, 5) is 0. The van der Waals surface area contributed by atoms with Crippen LogP contribution in [-0.4, -0.2) is 31.1 Å². The van der Waals surface area contributed by atoms with Crippen LogP contribution in [-0.2, 0) is 9.84 Å². The van der Waals surface area contributed by atoms with Gasteiger partial charge in [-0.2, -0.15) is 0 Å². The van der Waals surface area contributed by atoms with E-state index in [1.54, 1.807) is 12.1 Å². The van der Waals surface area contributed by atoms with E-state index in [0.29, 0.717) is 12.3 Å². The second-order valence-electron chi connectivity index (χ2n) is 5.09. The monoisotopic (exact) mass is 283 g/mol. The minimum Gasteiger partial charge on any atom is -0.508 e. The summed E-state index contributed by atoms with van der Waals surface area (Å²) < 4.78 is 23.5. The van der Waals surface area contributed by atoms with Crippen LogP contribution in [0.4, 0.5) is 0 Å². The van der Waals surface area contributed by atoms with Crippen molar-refractivity contribution < 1.29 is 13.5 Å². The first kappa shape index (κ1) is 14.3. The molecule has 1 aromatic rings. The van der Waals surface area contributed by atoms with E-state index < -0.39 is 9.84 Å². The van der Waals surface area contributed by atoms with Crippen molar-refractivity contribution in [3.05, 3.63) is 29.8 Å². The Labute approximate surface area is 114 Å². The van der Waals surface area contributed by atoms with Gasteiger partial charge < -0.3 is 10.4 Å². The van der Waals surface area contributed by atoms with Gasteiger partial charge in [0.1, 0.15) is 5.75 Å². The van der Waals surface area contributed by atoms with Gasteiger partial charge in [0, 0.05) is 12.6 Å². The van der Waals surface area contributed by atoms with E-state index in [1.807, 2.05) is 12.1 Å². The average Bonchev–Trinajstić information content (AvgIpc) is 2.71. The molecule has 1 fully saturated rings. The molecule has 2 unspecified atom stereocenters. The summed E-state index contributed by atoms with van der Waals surface area (Å²) in [6.07, 6.45) is 2.43. The smallest absolute Gasteiger partial charge is 0.154 e. The Kier molecular flexibility index (Phi) is 4.47. The summed E-state index contributed by atoms with van der Waals surface area (Å²) in [5.41, 5.74) is 1.08. The van der Waals surface area contributed by atoms with Gasteiger partial charge in [0.2, 0.25) is 0 Å². The number of benzene rings is 1. The molecule has 2 atom stereocenters. The van der Waals surface area contributed by atoms with Crippen LogP contribution in [0.1, 0.15) is 37.8 Å². The summed E-state index contributed by atoms with van der Waals surface area (Å²) in [5, 5.41) is 12.4. The number of rotatable bonds is 5. The fraction of sp³-hybridized carbons (Fsp3) is 0.571. The van der Waals surface area contributed by atoms with Gasteiger partial charge in [0.05, 0.1) is 11.0 Å². The molecule has 0 amide bonds. The van der Waals surface area contributed by atoms with Crippen molar-refractivity contribution in [1.29, 1.82) is 0 Å². The number of hydrogen-bond donors (Lipinski definition) is 2. The van der Waals surface area contributed by atoms with Crippen LogP contribution in [0, 0.1) is 0 Å². The number of phenols is 1. The van der Waals surface area contributed by atoms with E-state index in [4.69, 9.17) is 0 Å². The Morgan fingerprint density at radius 3 is 2.58 bits per heavy atom. The number of aromatic hydroxyl groups is 1. The Bertz CT molecular complexity index is 510.